The van der Waals surface area contributed by atoms with Gasteiger partial charge in [-0.1, -0.05) is 155 Å². The molecule has 0 saturated carbocycles. The predicted molar refractivity (Wildman–Crippen MR) is 198 cm³/mol. The van der Waals surface area contributed by atoms with Crippen molar-refractivity contribution in [3.63, 3.8) is 0 Å². The van der Waals surface area contributed by atoms with E-state index >= 15 is 0 Å². The van der Waals surface area contributed by atoms with Crippen LogP contribution in [0.4, 0.5) is 0 Å². The van der Waals surface area contributed by atoms with E-state index in [0.717, 1.165) is 0 Å². The van der Waals surface area contributed by atoms with Crippen molar-refractivity contribution in [3.05, 3.63) is 80.9 Å². The standard InChI is InChI=1S/C44H65/c1-27-21-28(2)32(38-35(43(15,16)17)24-30(40(6,7)8)25-36(38)44(18,19)20)26-31(27)37-33(41(9,10)11)22-29(39(3,4)5)23-34(37)42(12,13)14/h21-25H,1-20H3. The van der Waals surface area contributed by atoms with Crippen molar-refractivity contribution in [2.45, 2.75) is 171 Å². The molecule has 3 aromatic rings. The number of aryl methyl sites for hydroxylation is 2. The van der Waals surface area contributed by atoms with Crippen LogP contribution in [0.15, 0.2) is 30.3 Å². The smallest absolute Gasteiger partial charge is 0.000837 e. The molecule has 0 atom stereocenters. The van der Waals surface area contributed by atoms with E-state index in [4.69, 9.17) is 0 Å². The lowest BCUT2D eigenvalue weighted by Crippen LogP contribution is -2.24. The van der Waals surface area contributed by atoms with Crippen LogP contribution in [0.1, 0.15) is 169 Å². The zero-order valence-corrected chi connectivity index (χ0v) is 32.4. The van der Waals surface area contributed by atoms with Crippen molar-refractivity contribution >= 4 is 0 Å². The Labute approximate surface area is 273 Å². The first kappa shape index (κ1) is 36.1. The van der Waals surface area contributed by atoms with Gasteiger partial charge in [0.15, 0.2) is 0 Å². The van der Waals surface area contributed by atoms with Crippen LogP contribution < -0.4 is 0 Å². The van der Waals surface area contributed by atoms with Gasteiger partial charge in [0.1, 0.15) is 0 Å². The summed E-state index contributed by atoms with van der Waals surface area (Å²) in [5.41, 5.74) is 16.3. The summed E-state index contributed by atoms with van der Waals surface area (Å²) in [7, 11) is 0. The summed E-state index contributed by atoms with van der Waals surface area (Å²) in [5.74, 6) is 0. The molecule has 1 radical (unpaired) electrons. The molecule has 3 rings (SSSR count). The Hall–Kier alpha value is -2.34. The molecule has 0 unspecified atom stereocenters. The van der Waals surface area contributed by atoms with Gasteiger partial charge in [-0.05, 0) is 119 Å². The zero-order valence-electron chi connectivity index (χ0n) is 32.4. The SMILES string of the molecule is Cc1cc(C)c(-c2c(C(C)(C)C)cc(C(C)(C)C)cc2C(C)(C)C)[c]c1-c1c(C(C)(C)C)cc(C(C)(C)C)cc1C(C)(C)C. The Morgan fingerprint density at radius 2 is 0.568 bits per heavy atom. The first-order valence-electron chi connectivity index (χ1n) is 16.9. The van der Waals surface area contributed by atoms with Gasteiger partial charge < -0.3 is 0 Å². The lowest BCUT2D eigenvalue weighted by Gasteiger charge is -2.35. The molecule has 0 amide bonds. The second-order valence-electron chi connectivity index (χ2n) is 19.8. The van der Waals surface area contributed by atoms with Crippen molar-refractivity contribution in [1.29, 1.82) is 0 Å². The molecular weight excluding hydrogens is 528 g/mol. The first-order chi connectivity index (χ1) is 19.5. The first-order valence-corrected chi connectivity index (χ1v) is 16.9. The Morgan fingerprint density at radius 3 is 0.750 bits per heavy atom. The van der Waals surface area contributed by atoms with Crippen LogP contribution in [-0.2, 0) is 32.5 Å². The zero-order chi connectivity index (χ0) is 34.2. The highest BCUT2D eigenvalue weighted by atomic mass is 14.4. The summed E-state index contributed by atoms with van der Waals surface area (Å²) in [6.07, 6.45) is 0. The molecule has 0 nitrogen and oxygen atoms in total. The molecule has 0 aromatic heterocycles. The van der Waals surface area contributed by atoms with Crippen molar-refractivity contribution in [3.8, 4) is 22.3 Å². The third kappa shape index (κ3) is 7.37. The normalized spacial score (nSPS) is 13.9. The van der Waals surface area contributed by atoms with Gasteiger partial charge in [0, 0.05) is 0 Å². The highest BCUT2D eigenvalue weighted by molar-refractivity contribution is 5.85. The summed E-state index contributed by atoms with van der Waals surface area (Å²) < 4.78 is 0. The van der Waals surface area contributed by atoms with Gasteiger partial charge in [-0.15, -0.1) is 0 Å². The Kier molecular flexibility index (Phi) is 9.17. The number of rotatable bonds is 2. The Bertz CT molecular complexity index is 1340. The fraction of sp³-hybridized carbons (Fsp3) is 0.591. The quantitative estimate of drug-likeness (QED) is 0.277. The minimum atomic E-state index is -0.0244. The van der Waals surface area contributed by atoms with Gasteiger partial charge in [0.25, 0.3) is 0 Å². The van der Waals surface area contributed by atoms with E-state index in [9.17, 15) is 0 Å². The summed E-state index contributed by atoms with van der Waals surface area (Å²) in [6.45, 7) is 47.1. The van der Waals surface area contributed by atoms with Crippen LogP contribution in [0, 0.1) is 19.9 Å². The van der Waals surface area contributed by atoms with Gasteiger partial charge >= 0.3 is 0 Å². The van der Waals surface area contributed by atoms with Crippen LogP contribution in [0.5, 0.6) is 0 Å². The molecule has 0 spiro atoms. The third-order valence-corrected chi connectivity index (χ3v) is 9.21. The fourth-order valence-electron chi connectivity index (χ4n) is 6.37. The molecule has 0 heterocycles. The number of hydrogen-bond acceptors (Lipinski definition) is 0. The molecule has 0 fully saturated rings. The largest absolute Gasteiger partial charge is 0.0561 e. The maximum atomic E-state index is 4.18. The van der Waals surface area contributed by atoms with E-state index in [1.165, 1.54) is 66.8 Å². The summed E-state index contributed by atoms with van der Waals surface area (Å²) in [4.78, 5) is 0. The van der Waals surface area contributed by atoms with Crippen LogP contribution in [0.2, 0.25) is 0 Å². The lowest BCUT2D eigenvalue weighted by atomic mass is 9.69. The molecule has 0 bridgehead atoms. The van der Waals surface area contributed by atoms with Crippen LogP contribution >= 0.6 is 0 Å². The molecule has 0 aliphatic rings. The van der Waals surface area contributed by atoms with Crippen LogP contribution in [-0.4, -0.2) is 0 Å². The molecule has 0 aliphatic carbocycles. The molecular formula is C44H65. The molecule has 241 valence electrons. The minimum absolute atomic E-state index is 0.0244. The average molecular weight is 594 g/mol. The topological polar surface area (TPSA) is 0 Å². The summed E-state index contributed by atoms with van der Waals surface area (Å²) >= 11 is 0. The lowest BCUT2D eigenvalue weighted by molar-refractivity contribution is 0.550. The van der Waals surface area contributed by atoms with Gasteiger partial charge in [-0.25, -0.2) is 0 Å². The van der Waals surface area contributed by atoms with Crippen molar-refractivity contribution in [2.24, 2.45) is 0 Å². The van der Waals surface area contributed by atoms with Gasteiger partial charge in [-0.2, -0.15) is 0 Å². The van der Waals surface area contributed by atoms with Gasteiger partial charge in [0.2, 0.25) is 0 Å². The predicted octanol–water partition coefficient (Wildman–Crippen LogP) is 13.2. The Morgan fingerprint density at radius 1 is 0.341 bits per heavy atom. The highest BCUT2D eigenvalue weighted by Gasteiger charge is 2.33. The van der Waals surface area contributed by atoms with Crippen LogP contribution in [0.3, 0.4) is 0 Å². The maximum Gasteiger partial charge on any atom is -0.000837 e. The van der Waals surface area contributed by atoms with E-state index in [-0.39, 0.29) is 32.5 Å². The highest BCUT2D eigenvalue weighted by Crippen LogP contribution is 2.48. The molecule has 0 aliphatic heterocycles. The fourth-order valence-corrected chi connectivity index (χ4v) is 6.37. The van der Waals surface area contributed by atoms with E-state index in [1.54, 1.807) is 0 Å². The molecule has 0 saturated heterocycles. The molecule has 3 aromatic carbocycles. The number of hydrogen-bond donors (Lipinski definition) is 0. The van der Waals surface area contributed by atoms with Crippen molar-refractivity contribution < 1.29 is 0 Å². The van der Waals surface area contributed by atoms with E-state index < -0.39 is 0 Å². The molecule has 44 heavy (non-hydrogen) atoms. The van der Waals surface area contributed by atoms with Gasteiger partial charge in [0.05, 0.1) is 0 Å². The van der Waals surface area contributed by atoms with E-state index in [0.29, 0.717) is 0 Å². The minimum Gasteiger partial charge on any atom is -0.0561 e. The van der Waals surface area contributed by atoms with E-state index in [1.807, 2.05) is 0 Å². The maximum absolute atomic E-state index is 4.18. The van der Waals surface area contributed by atoms with Crippen molar-refractivity contribution in [1.82, 2.24) is 0 Å². The third-order valence-electron chi connectivity index (χ3n) is 9.21. The Balaban J connectivity index is 2.65. The van der Waals surface area contributed by atoms with E-state index in [2.05, 4.69) is 175 Å². The average Bonchev–Trinajstić information content (AvgIpc) is 2.79. The second-order valence-corrected chi connectivity index (χ2v) is 19.8. The monoisotopic (exact) mass is 594 g/mol. The molecule has 0 N–H and O–H groups in total. The molecule has 0 heteroatoms. The number of benzene rings is 3. The summed E-state index contributed by atoms with van der Waals surface area (Å²) in [5, 5.41) is 0. The second kappa shape index (κ2) is 11.2. The van der Waals surface area contributed by atoms with Crippen molar-refractivity contribution in [2.75, 3.05) is 0 Å². The van der Waals surface area contributed by atoms with Gasteiger partial charge in [-0.3, -0.25) is 0 Å². The summed E-state index contributed by atoms with van der Waals surface area (Å²) in [6, 6.07) is 16.6. The van der Waals surface area contributed by atoms with Crippen LogP contribution in [0.25, 0.3) is 22.3 Å².